The van der Waals surface area contributed by atoms with Crippen LogP contribution in [0.4, 0.5) is 0 Å². The molecule has 0 saturated heterocycles. The normalized spacial score (nSPS) is 14.6. The van der Waals surface area contributed by atoms with Gasteiger partial charge in [0.1, 0.15) is 18.4 Å². The molecule has 0 fully saturated rings. The number of hydrogen-bond acceptors (Lipinski definition) is 8. The third kappa shape index (κ3) is 7.62. The van der Waals surface area contributed by atoms with E-state index in [1.165, 1.54) is 11.3 Å². The van der Waals surface area contributed by atoms with Crippen LogP contribution in [0, 0.1) is 0 Å². The van der Waals surface area contributed by atoms with Gasteiger partial charge in [0.25, 0.3) is 5.56 Å². The minimum atomic E-state index is -0.802. The third-order valence-electron chi connectivity index (χ3n) is 7.11. The predicted molar refractivity (Wildman–Crippen MR) is 189 cm³/mol. The minimum Gasteiger partial charge on any atom is -0.491 e. The van der Waals surface area contributed by atoms with E-state index in [9.17, 15) is 9.59 Å². The minimum absolute atomic E-state index is 0.129. The maximum Gasteiger partial charge on any atom is 0.338 e. The Morgan fingerprint density at radius 2 is 1.83 bits per heavy atom. The number of halogens is 3. The first kappa shape index (κ1) is 34.8. The summed E-state index contributed by atoms with van der Waals surface area (Å²) >= 11 is 17.3. The van der Waals surface area contributed by atoms with Crippen LogP contribution in [0.3, 0.4) is 0 Å². The number of ether oxygens (including phenoxy) is 4. The highest BCUT2D eigenvalue weighted by Gasteiger charge is 2.35. The molecule has 1 aliphatic heterocycles. The number of carbonyl (C=O) groups is 1. The van der Waals surface area contributed by atoms with E-state index in [0.717, 1.165) is 5.56 Å². The molecule has 0 aliphatic carbocycles. The van der Waals surface area contributed by atoms with Crippen molar-refractivity contribution >= 4 is 62.5 Å². The zero-order chi connectivity index (χ0) is 33.8. The number of nitrogens with zero attached hydrogens (tertiary/aromatic N) is 2. The number of para-hydroxylation sites is 1. The lowest BCUT2D eigenvalue weighted by Gasteiger charge is -2.26. The van der Waals surface area contributed by atoms with Crippen molar-refractivity contribution in [2.24, 2.45) is 4.99 Å². The maximum atomic E-state index is 14.2. The number of esters is 1. The number of fused-ring (bicyclic) bond motifs is 1. The lowest BCUT2D eigenvalue weighted by atomic mass is 9.95. The SMILES string of the molecule is CCOC(=O)C1=C(C)N=c2s/c(=C/c3cc(Br)c(OCc4ccc(Cl)cc4Cl)c(OCC)c3)c(=O)n2[C@@H]1c1ccccc1OC(C)C. The molecule has 246 valence electrons. The standard InChI is InChI=1S/C35H33BrCl2N2O6S/c1-6-43-28-15-21(14-25(36)32(28)45-18-22-12-13-23(37)17-26(22)38)16-29-33(41)40-31(24-10-8-9-11-27(24)46-19(3)4)30(34(42)44-7-2)20(5)39-35(40)47-29/h8-17,19,31H,6-7,18H2,1-5H3/b29-16+/t31-/m1/s1. The molecular weight excluding hydrogens is 727 g/mol. The summed E-state index contributed by atoms with van der Waals surface area (Å²) in [5.74, 6) is 1.02. The van der Waals surface area contributed by atoms with Gasteiger partial charge in [0.05, 0.1) is 39.6 Å². The van der Waals surface area contributed by atoms with E-state index < -0.39 is 12.0 Å². The van der Waals surface area contributed by atoms with Gasteiger partial charge < -0.3 is 18.9 Å². The number of aromatic nitrogens is 1. The van der Waals surface area contributed by atoms with Crippen molar-refractivity contribution in [2.45, 2.75) is 53.4 Å². The molecule has 47 heavy (non-hydrogen) atoms. The van der Waals surface area contributed by atoms with Crippen LogP contribution in [-0.2, 0) is 16.1 Å². The Morgan fingerprint density at radius 3 is 2.53 bits per heavy atom. The van der Waals surface area contributed by atoms with Crippen LogP contribution in [0.5, 0.6) is 17.2 Å². The molecule has 2 heterocycles. The number of benzene rings is 3. The fourth-order valence-electron chi connectivity index (χ4n) is 5.17. The number of rotatable bonds is 11. The molecule has 0 spiro atoms. The van der Waals surface area contributed by atoms with Crippen LogP contribution < -0.4 is 29.1 Å². The second-order valence-electron chi connectivity index (χ2n) is 10.8. The van der Waals surface area contributed by atoms with Gasteiger partial charge in [-0.05, 0) is 92.5 Å². The fourth-order valence-corrected chi connectivity index (χ4v) is 7.25. The van der Waals surface area contributed by atoms with E-state index >= 15 is 0 Å². The Balaban J connectivity index is 1.61. The van der Waals surface area contributed by atoms with E-state index in [4.69, 9.17) is 47.1 Å². The van der Waals surface area contributed by atoms with Crippen LogP contribution in [0.2, 0.25) is 10.0 Å². The van der Waals surface area contributed by atoms with Crippen LogP contribution in [0.25, 0.3) is 6.08 Å². The molecule has 1 atom stereocenters. The molecule has 12 heteroatoms. The van der Waals surface area contributed by atoms with Crippen LogP contribution in [0.15, 0.2) is 80.1 Å². The number of hydrogen-bond donors (Lipinski definition) is 0. The van der Waals surface area contributed by atoms with E-state index in [0.29, 0.717) is 64.5 Å². The maximum absolute atomic E-state index is 14.2. The first-order valence-corrected chi connectivity index (χ1v) is 17.4. The van der Waals surface area contributed by atoms with Crippen LogP contribution >= 0.6 is 50.5 Å². The molecule has 0 bridgehead atoms. The highest BCUT2D eigenvalue weighted by atomic mass is 79.9. The molecule has 0 unspecified atom stereocenters. The number of thiazole rings is 1. The Kier molecular flexibility index (Phi) is 11.2. The summed E-state index contributed by atoms with van der Waals surface area (Å²) in [6, 6.07) is 15.5. The molecule has 8 nitrogen and oxygen atoms in total. The summed E-state index contributed by atoms with van der Waals surface area (Å²) in [6.45, 7) is 9.99. The van der Waals surface area contributed by atoms with Gasteiger partial charge in [-0.25, -0.2) is 9.79 Å². The Morgan fingerprint density at radius 1 is 1.06 bits per heavy atom. The zero-order valence-electron chi connectivity index (χ0n) is 26.4. The second kappa shape index (κ2) is 15.1. The van der Waals surface area contributed by atoms with Crippen molar-refractivity contribution in [3.05, 3.63) is 117 Å². The van der Waals surface area contributed by atoms with E-state index in [1.807, 2.05) is 63.2 Å². The Hall–Kier alpha value is -3.57. The average Bonchev–Trinajstić information content (AvgIpc) is 3.31. The molecule has 3 aromatic carbocycles. The molecule has 5 rings (SSSR count). The topological polar surface area (TPSA) is 88.4 Å². The molecule has 0 saturated carbocycles. The zero-order valence-corrected chi connectivity index (χ0v) is 30.3. The predicted octanol–water partition coefficient (Wildman–Crippen LogP) is 7.63. The molecule has 1 aromatic heterocycles. The second-order valence-corrected chi connectivity index (χ2v) is 13.5. The molecule has 1 aliphatic rings. The first-order valence-electron chi connectivity index (χ1n) is 15.0. The van der Waals surface area contributed by atoms with E-state index in [2.05, 4.69) is 15.9 Å². The average molecular weight is 761 g/mol. The van der Waals surface area contributed by atoms with Gasteiger partial charge in [0, 0.05) is 21.2 Å². The Labute approximate surface area is 295 Å². The van der Waals surface area contributed by atoms with E-state index in [1.54, 1.807) is 36.6 Å². The van der Waals surface area contributed by atoms with Gasteiger partial charge in [-0.1, -0.05) is 58.8 Å². The molecule has 0 amide bonds. The fraction of sp³-hybridized carbons (Fsp3) is 0.286. The van der Waals surface area contributed by atoms with Crippen molar-refractivity contribution in [1.82, 2.24) is 4.57 Å². The van der Waals surface area contributed by atoms with Gasteiger partial charge in [0.15, 0.2) is 16.3 Å². The van der Waals surface area contributed by atoms with Crippen molar-refractivity contribution in [3.8, 4) is 17.2 Å². The number of allylic oxidation sites excluding steroid dienone is 1. The van der Waals surface area contributed by atoms with Gasteiger partial charge in [-0.2, -0.15) is 0 Å². The summed E-state index contributed by atoms with van der Waals surface area (Å²) in [4.78, 5) is 32.7. The lowest BCUT2D eigenvalue weighted by molar-refractivity contribution is -0.139. The molecule has 4 aromatic rings. The quantitative estimate of drug-likeness (QED) is 0.146. The van der Waals surface area contributed by atoms with Gasteiger partial charge in [-0.3, -0.25) is 9.36 Å². The summed E-state index contributed by atoms with van der Waals surface area (Å²) < 4.78 is 26.2. The van der Waals surface area contributed by atoms with Gasteiger partial charge in [-0.15, -0.1) is 0 Å². The summed E-state index contributed by atoms with van der Waals surface area (Å²) in [7, 11) is 0. The smallest absolute Gasteiger partial charge is 0.338 e. The summed E-state index contributed by atoms with van der Waals surface area (Å²) in [5.41, 5.74) is 2.58. The summed E-state index contributed by atoms with van der Waals surface area (Å²) in [5, 5.41) is 1.04. The van der Waals surface area contributed by atoms with Crippen molar-refractivity contribution in [3.63, 3.8) is 0 Å². The number of carbonyl (C=O) groups excluding carboxylic acids is 1. The van der Waals surface area contributed by atoms with Gasteiger partial charge >= 0.3 is 5.97 Å². The highest BCUT2D eigenvalue weighted by Crippen LogP contribution is 2.39. The molecular formula is C35H33BrCl2N2O6S. The monoisotopic (exact) mass is 758 g/mol. The molecule has 0 N–H and O–H groups in total. The lowest BCUT2D eigenvalue weighted by Crippen LogP contribution is -2.40. The van der Waals surface area contributed by atoms with Crippen LogP contribution in [0.1, 0.15) is 57.4 Å². The van der Waals surface area contributed by atoms with Crippen molar-refractivity contribution in [1.29, 1.82) is 0 Å². The largest absolute Gasteiger partial charge is 0.491 e. The summed E-state index contributed by atoms with van der Waals surface area (Å²) in [6.07, 6.45) is 1.64. The highest BCUT2D eigenvalue weighted by molar-refractivity contribution is 9.10. The first-order chi connectivity index (χ1) is 22.5. The van der Waals surface area contributed by atoms with Gasteiger partial charge in [0.2, 0.25) is 0 Å². The Bertz CT molecular complexity index is 2040. The van der Waals surface area contributed by atoms with Crippen molar-refractivity contribution in [2.75, 3.05) is 13.2 Å². The third-order valence-corrected chi connectivity index (χ3v) is 9.27. The molecule has 0 radical (unpaired) electrons. The van der Waals surface area contributed by atoms with E-state index in [-0.39, 0.29) is 30.5 Å². The van der Waals surface area contributed by atoms with Crippen molar-refractivity contribution < 1.29 is 23.7 Å². The van der Waals surface area contributed by atoms with Crippen LogP contribution in [-0.4, -0.2) is 29.9 Å².